The number of nitriles is 1. The van der Waals surface area contributed by atoms with Gasteiger partial charge in [-0.25, -0.2) is 22.5 Å². The number of fused-ring (bicyclic) bond motifs is 1. The zero-order valence-electron chi connectivity index (χ0n) is 15.1. The van der Waals surface area contributed by atoms with Crippen LogP contribution in [0.1, 0.15) is 17.7 Å². The molecule has 0 bridgehead atoms. The zero-order valence-corrected chi connectivity index (χ0v) is 15.1. The maximum absolute atomic E-state index is 13.9. The zero-order chi connectivity index (χ0) is 20.8. The smallest absolute Gasteiger partial charge is 0.266 e. The molecule has 29 heavy (non-hydrogen) atoms. The Labute approximate surface area is 163 Å². The predicted molar refractivity (Wildman–Crippen MR) is 97.5 cm³/mol. The second-order valence-electron chi connectivity index (χ2n) is 6.97. The van der Waals surface area contributed by atoms with Crippen molar-refractivity contribution in [1.82, 2.24) is 14.5 Å². The Morgan fingerprint density at radius 3 is 2.66 bits per heavy atom. The third kappa shape index (κ3) is 3.49. The van der Waals surface area contributed by atoms with Gasteiger partial charge in [-0.3, -0.25) is 4.98 Å². The number of benzene rings is 1. The van der Waals surface area contributed by atoms with Crippen LogP contribution in [0.5, 0.6) is 0 Å². The number of nitrogens with zero attached hydrogens (tertiary/aromatic N) is 5. The van der Waals surface area contributed by atoms with Crippen molar-refractivity contribution >= 4 is 17.0 Å². The van der Waals surface area contributed by atoms with E-state index in [1.807, 2.05) is 6.07 Å². The molecule has 4 rings (SSSR count). The lowest BCUT2D eigenvalue weighted by Gasteiger charge is -2.37. The highest BCUT2D eigenvalue weighted by atomic mass is 19.3. The standard InChI is InChI=1S/C19H16F4N6/c20-13-5-15-16(6-14(13)21)29(9-12-2-1-11(7-24)8-26-12)18(27-15)28-4-3-19(22,23)17(25)10-28/h1-2,5-6,8,17H,3-4,9-10,25H2. The molecule has 150 valence electrons. The molecule has 1 atom stereocenters. The molecule has 3 aromatic rings. The maximum Gasteiger partial charge on any atom is 0.266 e. The van der Waals surface area contributed by atoms with Gasteiger partial charge in [0.2, 0.25) is 5.95 Å². The summed E-state index contributed by atoms with van der Waals surface area (Å²) in [6, 6.07) is 5.78. The van der Waals surface area contributed by atoms with Crippen molar-refractivity contribution in [3.05, 3.63) is 53.4 Å². The Hall–Kier alpha value is -3.19. The summed E-state index contributed by atoms with van der Waals surface area (Å²) < 4.78 is 56.8. The number of rotatable bonds is 3. The molecule has 1 saturated heterocycles. The van der Waals surface area contributed by atoms with Crippen LogP contribution in [0.4, 0.5) is 23.5 Å². The number of aromatic nitrogens is 3. The summed E-state index contributed by atoms with van der Waals surface area (Å²) >= 11 is 0. The molecule has 0 saturated carbocycles. The number of halogens is 4. The summed E-state index contributed by atoms with van der Waals surface area (Å²) in [4.78, 5) is 10.1. The predicted octanol–water partition coefficient (Wildman–Crippen LogP) is 2.80. The number of piperidine rings is 1. The van der Waals surface area contributed by atoms with Gasteiger partial charge in [-0.05, 0) is 12.1 Å². The van der Waals surface area contributed by atoms with Gasteiger partial charge in [-0.1, -0.05) is 0 Å². The number of imidazole rings is 1. The molecule has 1 aliphatic heterocycles. The van der Waals surface area contributed by atoms with Gasteiger partial charge < -0.3 is 15.2 Å². The second kappa shape index (κ2) is 7.00. The fraction of sp³-hybridized carbons (Fsp3) is 0.316. The summed E-state index contributed by atoms with van der Waals surface area (Å²) in [6.45, 7) is -0.0252. The minimum absolute atomic E-state index is 0.00418. The normalized spacial score (nSPS) is 18.8. The number of nitrogens with two attached hydrogens (primary N) is 1. The van der Waals surface area contributed by atoms with Crippen molar-refractivity contribution in [2.45, 2.75) is 24.9 Å². The van der Waals surface area contributed by atoms with Crippen LogP contribution in [0.25, 0.3) is 11.0 Å². The summed E-state index contributed by atoms with van der Waals surface area (Å²) in [6.07, 6.45) is 0.945. The molecule has 0 aliphatic carbocycles. The third-order valence-electron chi connectivity index (χ3n) is 5.00. The van der Waals surface area contributed by atoms with E-state index in [1.54, 1.807) is 21.6 Å². The highest BCUT2D eigenvalue weighted by Crippen LogP contribution is 2.32. The Balaban J connectivity index is 1.78. The first kappa shape index (κ1) is 19.1. The van der Waals surface area contributed by atoms with Crippen molar-refractivity contribution in [1.29, 1.82) is 5.26 Å². The first-order valence-corrected chi connectivity index (χ1v) is 8.87. The molecule has 2 N–H and O–H groups in total. The highest BCUT2D eigenvalue weighted by Gasteiger charge is 2.42. The first-order chi connectivity index (χ1) is 13.8. The SMILES string of the molecule is N#Cc1ccc(Cn2c(N3CCC(F)(F)C(N)C3)nc3cc(F)c(F)cc32)nc1. The van der Waals surface area contributed by atoms with Gasteiger partial charge >= 0.3 is 0 Å². The summed E-state index contributed by atoms with van der Waals surface area (Å²) in [5.74, 6) is -4.80. The monoisotopic (exact) mass is 404 g/mol. The molecular weight excluding hydrogens is 388 g/mol. The van der Waals surface area contributed by atoms with Crippen molar-refractivity contribution in [2.75, 3.05) is 18.0 Å². The van der Waals surface area contributed by atoms with Crippen molar-refractivity contribution in [3.63, 3.8) is 0 Å². The van der Waals surface area contributed by atoms with Gasteiger partial charge in [0.15, 0.2) is 11.6 Å². The summed E-state index contributed by atoms with van der Waals surface area (Å²) in [7, 11) is 0. The van der Waals surface area contributed by atoms with E-state index in [0.717, 1.165) is 12.1 Å². The van der Waals surface area contributed by atoms with E-state index in [9.17, 15) is 17.6 Å². The number of pyridine rings is 1. The number of hydrogen-bond donors (Lipinski definition) is 1. The van der Waals surface area contributed by atoms with Crippen LogP contribution in [0.2, 0.25) is 0 Å². The number of alkyl halides is 2. The number of hydrogen-bond acceptors (Lipinski definition) is 5. The van der Waals surface area contributed by atoms with Gasteiger partial charge in [0.1, 0.15) is 6.07 Å². The molecule has 3 heterocycles. The fourth-order valence-electron chi connectivity index (χ4n) is 3.36. The van der Waals surface area contributed by atoms with E-state index in [0.29, 0.717) is 16.8 Å². The molecule has 1 fully saturated rings. The van der Waals surface area contributed by atoms with E-state index >= 15 is 0 Å². The first-order valence-electron chi connectivity index (χ1n) is 8.87. The lowest BCUT2D eigenvalue weighted by Crippen LogP contribution is -2.55. The Bertz CT molecular complexity index is 1100. The molecule has 0 spiro atoms. The topological polar surface area (TPSA) is 83.8 Å². The lowest BCUT2D eigenvalue weighted by atomic mass is 10.0. The highest BCUT2D eigenvalue weighted by molar-refractivity contribution is 5.79. The average molecular weight is 404 g/mol. The molecule has 1 aromatic carbocycles. The van der Waals surface area contributed by atoms with Gasteiger partial charge in [0, 0.05) is 37.8 Å². The fourth-order valence-corrected chi connectivity index (χ4v) is 3.36. The maximum atomic E-state index is 13.9. The molecule has 10 heteroatoms. The lowest BCUT2D eigenvalue weighted by molar-refractivity contribution is -0.0395. The van der Waals surface area contributed by atoms with E-state index in [4.69, 9.17) is 11.0 Å². The van der Waals surface area contributed by atoms with E-state index in [2.05, 4.69) is 9.97 Å². The largest absolute Gasteiger partial charge is 0.340 e. The van der Waals surface area contributed by atoms with Crippen molar-refractivity contribution in [2.24, 2.45) is 5.73 Å². The third-order valence-corrected chi connectivity index (χ3v) is 5.00. The van der Waals surface area contributed by atoms with Gasteiger partial charge in [-0.2, -0.15) is 5.26 Å². The minimum atomic E-state index is -2.99. The van der Waals surface area contributed by atoms with E-state index < -0.39 is 30.0 Å². The van der Waals surface area contributed by atoms with Crippen LogP contribution in [0, 0.1) is 23.0 Å². The van der Waals surface area contributed by atoms with Gasteiger partial charge in [0.05, 0.1) is 34.9 Å². The Morgan fingerprint density at radius 1 is 1.24 bits per heavy atom. The molecule has 2 aromatic heterocycles. The van der Waals surface area contributed by atoms with Crippen LogP contribution in [0.15, 0.2) is 30.5 Å². The second-order valence-corrected chi connectivity index (χ2v) is 6.97. The number of anilines is 1. The van der Waals surface area contributed by atoms with Gasteiger partial charge in [0.25, 0.3) is 5.92 Å². The van der Waals surface area contributed by atoms with Crippen LogP contribution in [-0.2, 0) is 6.54 Å². The molecule has 1 aliphatic rings. The van der Waals surface area contributed by atoms with E-state index in [1.165, 1.54) is 6.20 Å². The minimum Gasteiger partial charge on any atom is -0.340 e. The molecule has 0 amide bonds. The summed E-state index contributed by atoms with van der Waals surface area (Å²) in [5.41, 5.74) is 7.04. The van der Waals surface area contributed by atoms with Crippen LogP contribution < -0.4 is 10.6 Å². The molecule has 1 unspecified atom stereocenters. The van der Waals surface area contributed by atoms with Crippen LogP contribution in [-0.4, -0.2) is 39.6 Å². The molecule has 0 radical (unpaired) electrons. The van der Waals surface area contributed by atoms with Crippen LogP contribution in [0.3, 0.4) is 0 Å². The van der Waals surface area contributed by atoms with E-state index in [-0.39, 0.29) is 31.1 Å². The van der Waals surface area contributed by atoms with Gasteiger partial charge in [-0.15, -0.1) is 0 Å². The van der Waals surface area contributed by atoms with Crippen molar-refractivity contribution < 1.29 is 17.6 Å². The quantitative estimate of drug-likeness (QED) is 0.679. The molecular formula is C19H16F4N6. The Kier molecular flexibility index (Phi) is 4.62. The molecule has 6 nitrogen and oxygen atoms in total. The van der Waals surface area contributed by atoms with Crippen LogP contribution >= 0.6 is 0 Å². The Morgan fingerprint density at radius 2 is 2.00 bits per heavy atom. The van der Waals surface area contributed by atoms with Crippen molar-refractivity contribution in [3.8, 4) is 6.07 Å². The summed E-state index contributed by atoms with van der Waals surface area (Å²) in [5, 5.41) is 8.90. The average Bonchev–Trinajstić information content (AvgIpc) is 3.02.